The van der Waals surface area contributed by atoms with Crippen LogP contribution in [0, 0.1) is 12.8 Å². The van der Waals surface area contributed by atoms with Crippen molar-refractivity contribution in [3.8, 4) is 0 Å². The molecule has 0 atom stereocenters. The van der Waals surface area contributed by atoms with E-state index >= 15 is 0 Å². The third-order valence-electron chi connectivity index (χ3n) is 1.64. The Morgan fingerprint density at radius 2 is 1.91 bits per heavy atom. The smallest absolute Gasteiger partial charge is 0.0290 e. The zero-order valence-corrected chi connectivity index (χ0v) is 7.97. The summed E-state index contributed by atoms with van der Waals surface area (Å²) in [5, 5.41) is 0. The van der Waals surface area contributed by atoms with E-state index < -0.39 is 0 Å². The highest BCUT2D eigenvalue weighted by Crippen LogP contribution is 2.04. The van der Waals surface area contributed by atoms with Crippen molar-refractivity contribution in [3.05, 3.63) is 19.1 Å². The lowest BCUT2D eigenvalue weighted by Gasteiger charge is -1.95. The summed E-state index contributed by atoms with van der Waals surface area (Å²) in [6.45, 7) is 8.24. The fraction of sp³-hybridized carbons (Fsp3) is 0.727. The SMILES string of the molecule is [CH2]CCCCC/C=C/C(C)C. The predicted octanol–water partition coefficient (Wildman–Crippen LogP) is 3.98. The topological polar surface area (TPSA) is 0 Å². The van der Waals surface area contributed by atoms with Crippen LogP contribution in [-0.4, -0.2) is 0 Å². The van der Waals surface area contributed by atoms with Crippen molar-refractivity contribution in [2.24, 2.45) is 5.92 Å². The minimum atomic E-state index is 0.711. The Bertz CT molecular complexity index is 90.2. The van der Waals surface area contributed by atoms with Gasteiger partial charge in [0.2, 0.25) is 0 Å². The van der Waals surface area contributed by atoms with Crippen LogP contribution < -0.4 is 0 Å². The van der Waals surface area contributed by atoms with Crippen LogP contribution in [0.2, 0.25) is 0 Å². The molecule has 0 heteroatoms. The fourth-order valence-electron chi connectivity index (χ4n) is 0.984. The first kappa shape index (κ1) is 10.7. The van der Waals surface area contributed by atoms with Crippen LogP contribution in [0.1, 0.15) is 46.0 Å². The van der Waals surface area contributed by atoms with Gasteiger partial charge in [0.05, 0.1) is 0 Å². The van der Waals surface area contributed by atoms with E-state index in [9.17, 15) is 0 Å². The van der Waals surface area contributed by atoms with Gasteiger partial charge in [0, 0.05) is 0 Å². The second-order valence-corrected chi connectivity index (χ2v) is 3.38. The molecule has 0 rings (SSSR count). The molecule has 1 radical (unpaired) electrons. The Labute approximate surface area is 71.7 Å². The zero-order chi connectivity index (χ0) is 8.53. The van der Waals surface area contributed by atoms with Crippen LogP contribution in [-0.2, 0) is 0 Å². The van der Waals surface area contributed by atoms with Crippen LogP contribution in [0.15, 0.2) is 12.2 Å². The molecule has 0 saturated heterocycles. The Hall–Kier alpha value is -0.260. The van der Waals surface area contributed by atoms with E-state index in [1.165, 1.54) is 25.7 Å². The second-order valence-electron chi connectivity index (χ2n) is 3.38. The summed E-state index contributed by atoms with van der Waals surface area (Å²) in [6, 6.07) is 0. The average molecular weight is 153 g/mol. The summed E-state index contributed by atoms with van der Waals surface area (Å²) < 4.78 is 0. The third kappa shape index (κ3) is 9.74. The molecule has 0 fully saturated rings. The summed E-state index contributed by atoms with van der Waals surface area (Å²) >= 11 is 0. The largest absolute Gasteiger partial charge is 0.0883 e. The van der Waals surface area contributed by atoms with Gasteiger partial charge in [0.1, 0.15) is 0 Å². The molecule has 0 amide bonds. The molecule has 0 heterocycles. The Kier molecular flexibility index (Phi) is 7.66. The third-order valence-corrected chi connectivity index (χ3v) is 1.64. The summed E-state index contributed by atoms with van der Waals surface area (Å²) in [6.07, 6.45) is 10.9. The molecule has 65 valence electrons. The first-order chi connectivity index (χ1) is 5.27. The molecule has 0 aliphatic heterocycles. The van der Waals surface area contributed by atoms with Gasteiger partial charge in [-0.05, 0) is 18.8 Å². The van der Waals surface area contributed by atoms with Crippen molar-refractivity contribution in [2.75, 3.05) is 0 Å². The molecule has 0 bridgehead atoms. The molecule has 0 aromatic heterocycles. The molecule has 0 spiro atoms. The van der Waals surface area contributed by atoms with E-state index in [2.05, 4.69) is 32.9 Å². The first-order valence-corrected chi connectivity index (χ1v) is 4.73. The van der Waals surface area contributed by atoms with Crippen molar-refractivity contribution in [1.82, 2.24) is 0 Å². The summed E-state index contributed by atoms with van der Waals surface area (Å²) in [5.41, 5.74) is 0. The highest BCUT2D eigenvalue weighted by Gasteiger charge is 1.85. The summed E-state index contributed by atoms with van der Waals surface area (Å²) in [7, 11) is 0. The van der Waals surface area contributed by atoms with Crippen molar-refractivity contribution < 1.29 is 0 Å². The molecule has 0 aliphatic rings. The van der Waals surface area contributed by atoms with Gasteiger partial charge in [-0.2, -0.15) is 0 Å². The summed E-state index contributed by atoms with van der Waals surface area (Å²) in [4.78, 5) is 0. The standard InChI is InChI=1S/C11H21/c1-4-5-6-7-8-9-10-11(2)3/h9-11H,1,4-8H2,2-3H3/b10-9+. The Morgan fingerprint density at radius 1 is 1.18 bits per heavy atom. The molecule has 0 aromatic carbocycles. The molecule has 11 heavy (non-hydrogen) atoms. The van der Waals surface area contributed by atoms with Crippen LogP contribution in [0.3, 0.4) is 0 Å². The number of rotatable bonds is 6. The number of allylic oxidation sites excluding steroid dienone is 2. The van der Waals surface area contributed by atoms with Crippen LogP contribution in [0.25, 0.3) is 0 Å². The van der Waals surface area contributed by atoms with E-state index in [1.807, 2.05) is 0 Å². The van der Waals surface area contributed by atoms with Gasteiger partial charge in [-0.15, -0.1) is 0 Å². The van der Waals surface area contributed by atoms with Crippen molar-refractivity contribution >= 4 is 0 Å². The van der Waals surface area contributed by atoms with Gasteiger partial charge in [0.25, 0.3) is 0 Å². The van der Waals surface area contributed by atoms with E-state index in [4.69, 9.17) is 0 Å². The molecular weight excluding hydrogens is 132 g/mol. The van der Waals surface area contributed by atoms with Gasteiger partial charge in [-0.3, -0.25) is 0 Å². The van der Waals surface area contributed by atoms with Crippen molar-refractivity contribution in [2.45, 2.75) is 46.0 Å². The lowest BCUT2D eigenvalue weighted by molar-refractivity contribution is 0.691. The number of hydrogen-bond acceptors (Lipinski definition) is 0. The van der Waals surface area contributed by atoms with Gasteiger partial charge < -0.3 is 0 Å². The van der Waals surface area contributed by atoms with Gasteiger partial charge >= 0.3 is 0 Å². The number of unbranched alkanes of at least 4 members (excludes halogenated alkanes) is 4. The highest BCUT2D eigenvalue weighted by molar-refractivity contribution is 4.83. The predicted molar refractivity (Wildman–Crippen MR) is 52.4 cm³/mol. The second kappa shape index (κ2) is 7.84. The number of hydrogen-bond donors (Lipinski definition) is 0. The average Bonchev–Trinajstić information content (AvgIpc) is 1.96. The van der Waals surface area contributed by atoms with E-state index in [1.54, 1.807) is 0 Å². The lowest BCUT2D eigenvalue weighted by atomic mass is 10.1. The van der Waals surface area contributed by atoms with Crippen molar-refractivity contribution in [1.29, 1.82) is 0 Å². The van der Waals surface area contributed by atoms with Crippen LogP contribution in [0.4, 0.5) is 0 Å². The van der Waals surface area contributed by atoms with Gasteiger partial charge in [-0.25, -0.2) is 0 Å². The first-order valence-electron chi connectivity index (χ1n) is 4.73. The van der Waals surface area contributed by atoms with Crippen LogP contribution >= 0.6 is 0 Å². The Balaban J connectivity index is 3.01. The Morgan fingerprint density at radius 3 is 2.45 bits per heavy atom. The highest BCUT2D eigenvalue weighted by atomic mass is 13.9. The molecular formula is C11H21. The van der Waals surface area contributed by atoms with E-state index in [0.29, 0.717) is 5.92 Å². The monoisotopic (exact) mass is 153 g/mol. The molecule has 0 nitrogen and oxygen atoms in total. The lowest BCUT2D eigenvalue weighted by Crippen LogP contribution is -1.78. The molecule has 0 unspecified atom stereocenters. The maximum absolute atomic E-state index is 3.81. The molecule has 0 saturated carbocycles. The normalized spacial score (nSPS) is 11.6. The quantitative estimate of drug-likeness (QED) is 0.400. The minimum absolute atomic E-state index is 0.711. The molecule has 0 N–H and O–H groups in total. The minimum Gasteiger partial charge on any atom is -0.0883 e. The molecule has 0 aliphatic carbocycles. The maximum Gasteiger partial charge on any atom is -0.0290 e. The van der Waals surface area contributed by atoms with E-state index in [-0.39, 0.29) is 0 Å². The zero-order valence-electron chi connectivity index (χ0n) is 7.97. The van der Waals surface area contributed by atoms with Gasteiger partial charge in [-0.1, -0.05) is 52.2 Å². The maximum atomic E-state index is 3.81. The summed E-state index contributed by atoms with van der Waals surface area (Å²) in [5.74, 6) is 0.711. The van der Waals surface area contributed by atoms with Crippen LogP contribution in [0.5, 0.6) is 0 Å². The fourth-order valence-corrected chi connectivity index (χ4v) is 0.984. The van der Waals surface area contributed by atoms with Crippen molar-refractivity contribution in [3.63, 3.8) is 0 Å². The van der Waals surface area contributed by atoms with Gasteiger partial charge in [0.15, 0.2) is 0 Å². The van der Waals surface area contributed by atoms with E-state index in [0.717, 1.165) is 6.42 Å². The molecule has 0 aromatic rings.